The molecule has 2 unspecified atom stereocenters. The van der Waals surface area contributed by atoms with Crippen molar-refractivity contribution in [1.82, 2.24) is 5.32 Å². The van der Waals surface area contributed by atoms with Gasteiger partial charge in [-0.1, -0.05) is 11.6 Å². The molecule has 1 heterocycles. The van der Waals surface area contributed by atoms with Crippen molar-refractivity contribution < 1.29 is 12.8 Å². The van der Waals surface area contributed by atoms with Crippen LogP contribution in [-0.2, 0) is 9.84 Å². The van der Waals surface area contributed by atoms with Crippen LogP contribution >= 0.6 is 11.6 Å². The van der Waals surface area contributed by atoms with Gasteiger partial charge in [-0.2, -0.15) is 0 Å². The lowest BCUT2D eigenvalue weighted by Crippen LogP contribution is -2.21. The van der Waals surface area contributed by atoms with E-state index in [-0.39, 0.29) is 29.3 Å². The summed E-state index contributed by atoms with van der Waals surface area (Å²) in [5.74, 6) is 0.254. The lowest BCUT2D eigenvalue weighted by Gasteiger charge is -2.21. The van der Waals surface area contributed by atoms with Gasteiger partial charge in [0.15, 0.2) is 9.84 Å². The van der Waals surface area contributed by atoms with E-state index in [0.29, 0.717) is 23.4 Å². The maximum atomic E-state index is 13.3. The molecule has 1 aliphatic rings. The molecule has 1 saturated heterocycles. The Morgan fingerprint density at radius 1 is 1.53 bits per heavy atom. The zero-order valence-corrected chi connectivity index (χ0v) is 12.3. The third-order valence-electron chi connectivity index (χ3n) is 3.58. The second kappa shape index (κ2) is 5.77. The quantitative estimate of drug-likeness (QED) is 0.930. The monoisotopic (exact) mass is 305 g/mol. The number of benzene rings is 1. The standard InChI is InChI=1S/C13H17ClFNO2S/c1-16-13(6-9-4-5-19(17,18)8-9)11-7-10(15)2-3-12(11)14/h2-3,7,9,13,16H,4-6,8H2,1H3. The lowest BCUT2D eigenvalue weighted by atomic mass is 9.94. The highest BCUT2D eigenvalue weighted by molar-refractivity contribution is 7.91. The second-order valence-corrected chi connectivity index (χ2v) is 7.65. The third-order valence-corrected chi connectivity index (χ3v) is 5.76. The van der Waals surface area contributed by atoms with Gasteiger partial charge in [0.25, 0.3) is 0 Å². The molecule has 3 nitrogen and oxygen atoms in total. The number of hydrogen-bond acceptors (Lipinski definition) is 3. The molecule has 0 bridgehead atoms. The van der Waals surface area contributed by atoms with E-state index in [1.54, 1.807) is 7.05 Å². The number of sulfone groups is 1. The van der Waals surface area contributed by atoms with Gasteiger partial charge in [0.05, 0.1) is 11.5 Å². The molecule has 19 heavy (non-hydrogen) atoms. The Kier molecular flexibility index (Phi) is 4.48. The van der Waals surface area contributed by atoms with E-state index in [2.05, 4.69) is 5.32 Å². The van der Waals surface area contributed by atoms with Crippen LogP contribution in [0.1, 0.15) is 24.4 Å². The molecule has 0 aliphatic carbocycles. The Labute approximate surface area is 118 Å². The van der Waals surface area contributed by atoms with Gasteiger partial charge in [0.2, 0.25) is 0 Å². The van der Waals surface area contributed by atoms with Crippen LogP contribution in [0.15, 0.2) is 18.2 Å². The summed E-state index contributed by atoms with van der Waals surface area (Å²) in [5, 5.41) is 3.60. The highest BCUT2D eigenvalue weighted by atomic mass is 35.5. The van der Waals surface area contributed by atoms with Crippen LogP contribution in [-0.4, -0.2) is 27.0 Å². The van der Waals surface area contributed by atoms with E-state index >= 15 is 0 Å². The molecule has 1 fully saturated rings. The highest BCUT2D eigenvalue weighted by Gasteiger charge is 2.30. The average molecular weight is 306 g/mol. The fourth-order valence-electron chi connectivity index (χ4n) is 2.57. The number of hydrogen-bond donors (Lipinski definition) is 1. The molecular weight excluding hydrogens is 289 g/mol. The minimum atomic E-state index is -2.88. The Balaban J connectivity index is 2.14. The first kappa shape index (κ1) is 14.8. The summed E-state index contributed by atoms with van der Waals surface area (Å²) in [5.41, 5.74) is 0.688. The third kappa shape index (κ3) is 3.68. The summed E-state index contributed by atoms with van der Waals surface area (Å²) in [7, 11) is -1.11. The van der Waals surface area contributed by atoms with E-state index in [9.17, 15) is 12.8 Å². The van der Waals surface area contributed by atoms with Crippen molar-refractivity contribution in [3.05, 3.63) is 34.6 Å². The summed E-state index contributed by atoms with van der Waals surface area (Å²) in [6.45, 7) is 0. The molecule has 2 atom stereocenters. The second-order valence-electron chi connectivity index (χ2n) is 5.01. The van der Waals surface area contributed by atoms with E-state index in [1.807, 2.05) is 0 Å². The molecule has 0 aromatic heterocycles. The van der Waals surface area contributed by atoms with Crippen molar-refractivity contribution in [1.29, 1.82) is 0 Å². The molecule has 2 rings (SSSR count). The van der Waals surface area contributed by atoms with Crippen molar-refractivity contribution in [3.63, 3.8) is 0 Å². The topological polar surface area (TPSA) is 46.2 Å². The van der Waals surface area contributed by atoms with Crippen LogP contribution in [0.5, 0.6) is 0 Å². The summed E-state index contributed by atoms with van der Waals surface area (Å²) in [6.07, 6.45) is 1.33. The van der Waals surface area contributed by atoms with Crippen molar-refractivity contribution in [2.45, 2.75) is 18.9 Å². The first-order valence-electron chi connectivity index (χ1n) is 6.24. The molecule has 1 aromatic rings. The molecule has 1 N–H and O–H groups in total. The zero-order valence-electron chi connectivity index (χ0n) is 10.7. The minimum Gasteiger partial charge on any atom is -0.313 e. The maximum Gasteiger partial charge on any atom is 0.150 e. The first-order valence-corrected chi connectivity index (χ1v) is 8.44. The zero-order chi connectivity index (χ0) is 14.0. The van der Waals surface area contributed by atoms with Gasteiger partial charge in [0, 0.05) is 11.1 Å². The maximum absolute atomic E-state index is 13.3. The van der Waals surface area contributed by atoms with Crippen LogP contribution in [0, 0.1) is 11.7 Å². The first-order chi connectivity index (χ1) is 8.91. The van der Waals surface area contributed by atoms with Crippen molar-refractivity contribution in [2.75, 3.05) is 18.6 Å². The molecule has 0 saturated carbocycles. The molecule has 0 spiro atoms. The van der Waals surface area contributed by atoms with Crippen molar-refractivity contribution in [3.8, 4) is 0 Å². The number of halogens is 2. The molecule has 6 heteroatoms. The van der Waals surface area contributed by atoms with Gasteiger partial charge in [0.1, 0.15) is 5.82 Å². The Hall–Kier alpha value is -0.650. The molecule has 0 amide bonds. The largest absolute Gasteiger partial charge is 0.313 e. The van der Waals surface area contributed by atoms with E-state index < -0.39 is 9.84 Å². The number of nitrogens with one attached hydrogen (secondary N) is 1. The van der Waals surface area contributed by atoms with Crippen LogP contribution < -0.4 is 5.32 Å². The van der Waals surface area contributed by atoms with Crippen LogP contribution in [0.25, 0.3) is 0 Å². The highest BCUT2D eigenvalue weighted by Crippen LogP contribution is 2.32. The van der Waals surface area contributed by atoms with Crippen LogP contribution in [0.4, 0.5) is 4.39 Å². The molecular formula is C13H17ClFNO2S. The Morgan fingerprint density at radius 2 is 2.26 bits per heavy atom. The predicted molar refractivity (Wildman–Crippen MR) is 74.6 cm³/mol. The molecule has 106 valence electrons. The number of rotatable bonds is 4. The predicted octanol–water partition coefficient (Wildman–Crippen LogP) is 2.56. The van der Waals surface area contributed by atoms with Gasteiger partial charge < -0.3 is 5.32 Å². The molecule has 1 aromatic carbocycles. The smallest absolute Gasteiger partial charge is 0.150 e. The summed E-state index contributed by atoms with van der Waals surface area (Å²) < 4.78 is 36.2. The molecule has 0 radical (unpaired) electrons. The van der Waals surface area contributed by atoms with Gasteiger partial charge in [-0.15, -0.1) is 0 Å². The summed E-state index contributed by atoms with van der Waals surface area (Å²) in [6, 6.07) is 4.13. The van der Waals surface area contributed by atoms with Crippen molar-refractivity contribution >= 4 is 21.4 Å². The van der Waals surface area contributed by atoms with Crippen LogP contribution in [0.2, 0.25) is 5.02 Å². The molecule has 1 aliphatic heterocycles. The van der Waals surface area contributed by atoms with E-state index in [4.69, 9.17) is 11.6 Å². The van der Waals surface area contributed by atoms with Gasteiger partial charge in [-0.25, -0.2) is 12.8 Å². The summed E-state index contributed by atoms with van der Waals surface area (Å²) >= 11 is 6.09. The average Bonchev–Trinajstić information content (AvgIpc) is 2.69. The van der Waals surface area contributed by atoms with Gasteiger partial charge in [-0.3, -0.25) is 0 Å². The Morgan fingerprint density at radius 3 is 2.84 bits per heavy atom. The van der Waals surface area contributed by atoms with E-state index in [0.717, 1.165) is 0 Å². The van der Waals surface area contributed by atoms with E-state index in [1.165, 1.54) is 18.2 Å². The van der Waals surface area contributed by atoms with Gasteiger partial charge in [-0.05, 0) is 49.6 Å². The lowest BCUT2D eigenvalue weighted by molar-refractivity contribution is 0.435. The normalized spacial score (nSPS) is 23.4. The SMILES string of the molecule is CNC(CC1CCS(=O)(=O)C1)c1cc(F)ccc1Cl. The van der Waals surface area contributed by atoms with Crippen LogP contribution in [0.3, 0.4) is 0 Å². The van der Waals surface area contributed by atoms with Crippen molar-refractivity contribution in [2.24, 2.45) is 5.92 Å². The fraction of sp³-hybridized carbons (Fsp3) is 0.538. The fourth-order valence-corrected chi connectivity index (χ4v) is 4.70. The summed E-state index contributed by atoms with van der Waals surface area (Å²) in [4.78, 5) is 0. The minimum absolute atomic E-state index is 0.113. The van der Waals surface area contributed by atoms with Gasteiger partial charge >= 0.3 is 0 Å². The Bertz CT molecular complexity index is 562.